The van der Waals surface area contributed by atoms with Crippen LogP contribution in [0, 0.1) is 11.8 Å². The topological polar surface area (TPSA) is 43.1 Å². The lowest BCUT2D eigenvalue weighted by Crippen LogP contribution is -2.13. The lowest BCUT2D eigenvalue weighted by atomic mass is 10.7. The van der Waals surface area contributed by atoms with Crippen molar-refractivity contribution in [3.05, 3.63) is 0 Å². The summed E-state index contributed by atoms with van der Waals surface area (Å²) >= 11 is 1.44. The summed E-state index contributed by atoms with van der Waals surface area (Å²) in [5.41, 5.74) is 4.87. The van der Waals surface area contributed by atoms with Crippen LogP contribution in [0.3, 0.4) is 0 Å². The molecule has 2 N–H and O–H groups in total. The van der Waals surface area contributed by atoms with E-state index in [0.717, 1.165) is 0 Å². The Balaban J connectivity index is 3.07. The van der Waals surface area contributed by atoms with Crippen molar-refractivity contribution in [1.82, 2.24) is 0 Å². The van der Waals surface area contributed by atoms with E-state index in [2.05, 4.69) is 11.8 Å². The van der Waals surface area contributed by atoms with E-state index >= 15 is 0 Å². The second-order valence-corrected chi connectivity index (χ2v) is 2.37. The number of carbonyl (C=O) groups excluding carboxylic acids is 1. The summed E-state index contributed by atoms with van der Waals surface area (Å²) in [5, 5.41) is 0. The van der Waals surface area contributed by atoms with Gasteiger partial charge in [0.15, 0.2) is 0 Å². The molecule has 1 amide bonds. The molecule has 0 atom stereocenters. The van der Waals surface area contributed by atoms with Crippen molar-refractivity contribution in [1.29, 1.82) is 0 Å². The zero-order chi connectivity index (χ0) is 7.11. The molecule has 0 rings (SSSR count). The van der Waals surface area contributed by atoms with Crippen LogP contribution < -0.4 is 5.73 Å². The van der Waals surface area contributed by atoms with Gasteiger partial charge in [-0.1, -0.05) is 5.92 Å². The minimum absolute atomic E-state index is 0.280. The largest absolute Gasteiger partial charge is 0.369 e. The highest BCUT2D eigenvalue weighted by atomic mass is 32.2. The molecule has 0 aromatic heterocycles. The number of rotatable bonds is 3. The van der Waals surface area contributed by atoms with Crippen molar-refractivity contribution < 1.29 is 4.79 Å². The van der Waals surface area contributed by atoms with Crippen LogP contribution in [-0.2, 0) is 4.79 Å². The predicted molar refractivity (Wildman–Crippen MR) is 40.0 cm³/mol. The highest BCUT2D eigenvalue weighted by Gasteiger charge is 1.89. The summed E-state index contributed by atoms with van der Waals surface area (Å²) in [4.78, 5) is 10.1. The van der Waals surface area contributed by atoms with Crippen LogP contribution in [-0.4, -0.2) is 17.4 Å². The van der Waals surface area contributed by atoms with E-state index in [1.807, 2.05) is 0 Å². The fourth-order valence-electron chi connectivity index (χ4n) is 0.275. The van der Waals surface area contributed by atoms with Gasteiger partial charge < -0.3 is 5.73 Å². The van der Waals surface area contributed by atoms with Gasteiger partial charge in [0.2, 0.25) is 5.91 Å². The van der Waals surface area contributed by atoms with Crippen molar-refractivity contribution in [2.75, 3.05) is 11.5 Å². The third-order valence-corrected chi connectivity index (χ3v) is 1.43. The highest BCUT2D eigenvalue weighted by Crippen LogP contribution is 1.94. The van der Waals surface area contributed by atoms with Gasteiger partial charge in [-0.3, -0.25) is 4.79 Å². The third-order valence-electron chi connectivity index (χ3n) is 0.595. The van der Waals surface area contributed by atoms with Crippen molar-refractivity contribution >= 4 is 17.7 Å². The third kappa shape index (κ3) is 7.38. The molecule has 0 heterocycles. The fourth-order valence-corrected chi connectivity index (χ4v) is 0.824. The SMILES string of the molecule is CC#CCSCC(N)=O. The number of amides is 1. The molecule has 0 aliphatic heterocycles. The van der Waals surface area contributed by atoms with Gasteiger partial charge in [0.1, 0.15) is 0 Å². The van der Waals surface area contributed by atoms with Gasteiger partial charge in [-0.2, -0.15) is 0 Å². The zero-order valence-corrected chi connectivity index (χ0v) is 6.12. The zero-order valence-electron chi connectivity index (χ0n) is 5.31. The molecule has 50 valence electrons. The van der Waals surface area contributed by atoms with Gasteiger partial charge in [0.25, 0.3) is 0 Å². The second-order valence-electron chi connectivity index (χ2n) is 1.39. The maximum Gasteiger partial charge on any atom is 0.227 e. The first-order valence-electron chi connectivity index (χ1n) is 2.53. The predicted octanol–water partition coefficient (Wildman–Crippen LogP) is 0.228. The van der Waals surface area contributed by atoms with Crippen LogP contribution in [0.5, 0.6) is 0 Å². The highest BCUT2D eigenvalue weighted by molar-refractivity contribution is 8.00. The van der Waals surface area contributed by atoms with E-state index in [1.54, 1.807) is 6.92 Å². The Morgan fingerprint density at radius 2 is 2.44 bits per heavy atom. The van der Waals surface area contributed by atoms with Crippen molar-refractivity contribution in [2.45, 2.75) is 6.92 Å². The minimum Gasteiger partial charge on any atom is -0.369 e. The molecule has 0 aromatic rings. The second kappa shape index (κ2) is 5.52. The summed E-state index contributed by atoms with van der Waals surface area (Å²) in [6.07, 6.45) is 0. The van der Waals surface area contributed by atoms with Crippen LogP contribution in [0.2, 0.25) is 0 Å². The quantitative estimate of drug-likeness (QED) is 0.454. The number of carbonyl (C=O) groups is 1. The van der Waals surface area contributed by atoms with Gasteiger partial charge in [0.05, 0.1) is 11.5 Å². The van der Waals surface area contributed by atoms with Gasteiger partial charge in [-0.25, -0.2) is 0 Å². The number of thioether (sulfide) groups is 1. The van der Waals surface area contributed by atoms with E-state index in [1.165, 1.54) is 11.8 Å². The molecule has 0 spiro atoms. The Morgan fingerprint density at radius 1 is 1.78 bits per heavy atom. The average molecular weight is 143 g/mol. The van der Waals surface area contributed by atoms with Gasteiger partial charge in [-0.15, -0.1) is 17.7 Å². The molecule has 0 aliphatic rings. The van der Waals surface area contributed by atoms with E-state index in [9.17, 15) is 4.79 Å². The maximum atomic E-state index is 10.1. The Hall–Kier alpha value is -0.620. The molecule has 0 radical (unpaired) electrons. The molecule has 0 unspecified atom stereocenters. The normalized spacial score (nSPS) is 7.67. The minimum atomic E-state index is -0.280. The van der Waals surface area contributed by atoms with E-state index < -0.39 is 0 Å². The standard InChI is InChI=1S/C6H9NOS/c1-2-3-4-9-5-6(7)8/h4-5H2,1H3,(H2,7,8). The fraction of sp³-hybridized carbons (Fsp3) is 0.500. The molecule has 0 fully saturated rings. The summed E-state index contributed by atoms with van der Waals surface area (Å²) in [6, 6.07) is 0. The van der Waals surface area contributed by atoms with Crippen LogP contribution in [0.4, 0.5) is 0 Å². The molecule has 0 aliphatic carbocycles. The van der Waals surface area contributed by atoms with Crippen molar-refractivity contribution in [2.24, 2.45) is 5.73 Å². The Labute approximate surface area is 59.2 Å². The molecule has 3 heteroatoms. The molecule has 2 nitrogen and oxygen atoms in total. The number of hydrogen-bond acceptors (Lipinski definition) is 2. The smallest absolute Gasteiger partial charge is 0.227 e. The monoisotopic (exact) mass is 143 g/mol. The first-order chi connectivity index (χ1) is 4.27. The average Bonchev–Trinajstić information content (AvgIpc) is 1.80. The summed E-state index contributed by atoms with van der Waals surface area (Å²) in [5.74, 6) is 6.31. The lowest BCUT2D eigenvalue weighted by Gasteiger charge is -1.87. The summed E-state index contributed by atoms with van der Waals surface area (Å²) in [6.45, 7) is 1.77. The van der Waals surface area contributed by atoms with Crippen molar-refractivity contribution in [3.8, 4) is 11.8 Å². The summed E-state index contributed by atoms with van der Waals surface area (Å²) < 4.78 is 0. The van der Waals surface area contributed by atoms with Crippen molar-refractivity contribution in [3.63, 3.8) is 0 Å². The maximum absolute atomic E-state index is 10.1. The summed E-state index contributed by atoms with van der Waals surface area (Å²) in [7, 11) is 0. The van der Waals surface area contributed by atoms with E-state index in [-0.39, 0.29) is 5.91 Å². The van der Waals surface area contributed by atoms with Gasteiger partial charge in [-0.05, 0) is 6.92 Å². The number of hydrogen-bond donors (Lipinski definition) is 1. The molecular formula is C6H9NOS. The van der Waals surface area contributed by atoms with Crippen LogP contribution >= 0.6 is 11.8 Å². The first-order valence-corrected chi connectivity index (χ1v) is 3.68. The lowest BCUT2D eigenvalue weighted by molar-refractivity contribution is -0.115. The molecule has 9 heavy (non-hydrogen) atoms. The molecule has 0 aromatic carbocycles. The molecule has 0 bridgehead atoms. The Kier molecular flexibility index (Phi) is 5.14. The van der Waals surface area contributed by atoms with E-state index in [0.29, 0.717) is 11.5 Å². The Morgan fingerprint density at radius 3 is 2.89 bits per heavy atom. The van der Waals surface area contributed by atoms with Gasteiger partial charge >= 0.3 is 0 Å². The molecule has 0 saturated carbocycles. The van der Waals surface area contributed by atoms with Gasteiger partial charge in [0, 0.05) is 0 Å². The van der Waals surface area contributed by atoms with Crippen LogP contribution in [0.25, 0.3) is 0 Å². The van der Waals surface area contributed by atoms with Crippen LogP contribution in [0.1, 0.15) is 6.92 Å². The Bertz CT molecular complexity index is 145. The molecule has 0 saturated heterocycles. The number of nitrogens with two attached hydrogens (primary N) is 1. The van der Waals surface area contributed by atoms with E-state index in [4.69, 9.17) is 5.73 Å². The molecular weight excluding hydrogens is 134 g/mol. The van der Waals surface area contributed by atoms with Crippen LogP contribution in [0.15, 0.2) is 0 Å². The first kappa shape index (κ1) is 8.38. The number of primary amides is 1.